The Balaban J connectivity index is 2.06. The van der Waals surface area contributed by atoms with Crippen molar-refractivity contribution >= 4 is 11.8 Å². The summed E-state index contributed by atoms with van der Waals surface area (Å²) in [5, 5.41) is 11.8. The van der Waals surface area contributed by atoms with Crippen molar-refractivity contribution in [3.05, 3.63) is 59.4 Å². The fourth-order valence-electron chi connectivity index (χ4n) is 4.33. The Morgan fingerprint density at radius 2 is 1.90 bits per heavy atom. The molecule has 3 atom stereocenters. The number of unbranched alkanes of at least 4 members (excludes halogenated alkanes) is 1. The third-order valence-corrected chi connectivity index (χ3v) is 7.69. The Kier molecular flexibility index (Phi) is 8.20. The Labute approximate surface area is 184 Å². The van der Waals surface area contributed by atoms with E-state index in [1.165, 1.54) is 12.1 Å². The van der Waals surface area contributed by atoms with E-state index >= 15 is 0 Å². The van der Waals surface area contributed by atoms with Gasteiger partial charge in [-0.1, -0.05) is 38.8 Å². The van der Waals surface area contributed by atoms with E-state index in [4.69, 9.17) is 9.47 Å². The highest BCUT2D eigenvalue weighted by molar-refractivity contribution is 7.99. The number of ether oxygens (including phenoxy) is 2. The van der Waals surface area contributed by atoms with E-state index in [1.807, 2.05) is 36.0 Å². The Morgan fingerprint density at radius 1 is 1.13 bits per heavy atom. The molecular weight excluding hydrogens is 399 g/mol. The number of rotatable bonds is 9. The number of hydrogen-bond donors (Lipinski definition) is 1. The van der Waals surface area contributed by atoms with Gasteiger partial charge in [0, 0.05) is 29.1 Å². The van der Waals surface area contributed by atoms with Crippen LogP contribution in [0.25, 0.3) is 0 Å². The monoisotopic (exact) mass is 432 g/mol. The van der Waals surface area contributed by atoms with Crippen molar-refractivity contribution in [3.8, 4) is 5.75 Å². The lowest BCUT2D eigenvalue weighted by Gasteiger charge is -2.39. The molecule has 1 heterocycles. The zero-order valence-electron chi connectivity index (χ0n) is 18.2. The van der Waals surface area contributed by atoms with E-state index in [9.17, 15) is 9.50 Å². The van der Waals surface area contributed by atoms with Crippen LogP contribution in [-0.4, -0.2) is 37.3 Å². The van der Waals surface area contributed by atoms with Gasteiger partial charge in [0.15, 0.2) is 0 Å². The molecule has 3 nitrogen and oxygen atoms in total. The summed E-state index contributed by atoms with van der Waals surface area (Å²) in [5.41, 5.74) is 1.81. The number of fused-ring (bicyclic) bond motifs is 1. The highest BCUT2D eigenvalue weighted by atomic mass is 32.2. The number of hydrogen-bond acceptors (Lipinski definition) is 4. The maximum Gasteiger partial charge on any atom is 0.123 e. The molecule has 0 bridgehead atoms. The molecule has 0 aliphatic carbocycles. The maximum absolute atomic E-state index is 13.7. The van der Waals surface area contributed by atoms with Crippen LogP contribution in [0.4, 0.5) is 4.39 Å². The molecule has 0 radical (unpaired) electrons. The molecule has 2 aromatic rings. The van der Waals surface area contributed by atoms with Gasteiger partial charge in [0.25, 0.3) is 0 Å². The van der Waals surface area contributed by atoms with Gasteiger partial charge in [-0.25, -0.2) is 4.39 Å². The maximum atomic E-state index is 13.7. The van der Waals surface area contributed by atoms with Gasteiger partial charge < -0.3 is 14.6 Å². The van der Waals surface area contributed by atoms with Gasteiger partial charge in [-0.2, -0.15) is 0 Å². The molecule has 0 saturated carbocycles. The highest BCUT2D eigenvalue weighted by Crippen LogP contribution is 2.51. The normalized spacial score (nSPS) is 23.6. The highest BCUT2D eigenvalue weighted by Gasteiger charge is 2.44. The molecule has 164 valence electrons. The summed E-state index contributed by atoms with van der Waals surface area (Å²) in [6.07, 6.45) is 3.53. The zero-order valence-corrected chi connectivity index (χ0v) is 19.0. The van der Waals surface area contributed by atoms with Crippen LogP contribution < -0.4 is 4.74 Å². The third kappa shape index (κ3) is 5.01. The molecule has 30 heavy (non-hydrogen) atoms. The van der Waals surface area contributed by atoms with Crippen LogP contribution in [0.1, 0.15) is 56.6 Å². The lowest BCUT2D eigenvalue weighted by atomic mass is 9.69. The van der Waals surface area contributed by atoms with Crippen LogP contribution in [0.3, 0.4) is 0 Å². The fraction of sp³-hybridized carbons (Fsp3) is 0.520. The van der Waals surface area contributed by atoms with E-state index in [-0.39, 0.29) is 17.2 Å². The van der Waals surface area contributed by atoms with Crippen LogP contribution in [-0.2, 0) is 4.74 Å². The molecule has 0 spiro atoms. The van der Waals surface area contributed by atoms with Gasteiger partial charge >= 0.3 is 0 Å². The van der Waals surface area contributed by atoms with Gasteiger partial charge in [0.2, 0.25) is 0 Å². The minimum absolute atomic E-state index is 0.185. The van der Waals surface area contributed by atoms with Gasteiger partial charge in [-0.3, -0.25) is 0 Å². The molecule has 0 aromatic heterocycles. The lowest BCUT2D eigenvalue weighted by molar-refractivity contribution is 0.0182. The minimum atomic E-state index is -0.553. The van der Waals surface area contributed by atoms with Crippen molar-refractivity contribution in [1.29, 1.82) is 0 Å². The SMILES string of the molecule is CCCC[C@]1(CC)CSc2ccc(OCCOC)cc2[C@@H](c2ccc(F)cc2)[C@H]1O. The molecule has 1 N–H and O–H groups in total. The third-order valence-electron chi connectivity index (χ3n) is 6.29. The number of thioether (sulfide) groups is 1. The minimum Gasteiger partial charge on any atom is -0.491 e. The van der Waals surface area contributed by atoms with Crippen molar-refractivity contribution in [3.63, 3.8) is 0 Å². The van der Waals surface area contributed by atoms with Gasteiger partial charge in [-0.15, -0.1) is 11.8 Å². The van der Waals surface area contributed by atoms with E-state index in [1.54, 1.807) is 7.11 Å². The van der Waals surface area contributed by atoms with Crippen LogP contribution in [0.2, 0.25) is 0 Å². The van der Waals surface area contributed by atoms with E-state index < -0.39 is 6.10 Å². The molecule has 0 saturated heterocycles. The second-order valence-corrected chi connectivity index (χ2v) is 9.14. The summed E-state index contributed by atoms with van der Waals surface area (Å²) in [6, 6.07) is 12.7. The number of benzene rings is 2. The second-order valence-electron chi connectivity index (χ2n) is 8.12. The average molecular weight is 433 g/mol. The molecule has 1 aliphatic heterocycles. The predicted octanol–water partition coefficient (Wildman–Crippen LogP) is 6.04. The quantitative estimate of drug-likeness (QED) is 0.491. The van der Waals surface area contributed by atoms with Crippen LogP contribution >= 0.6 is 11.8 Å². The zero-order chi connectivity index (χ0) is 21.6. The van der Waals surface area contributed by atoms with Crippen molar-refractivity contribution in [2.75, 3.05) is 26.1 Å². The Hall–Kier alpha value is -1.56. The molecule has 2 aromatic carbocycles. The van der Waals surface area contributed by atoms with E-state index in [2.05, 4.69) is 19.9 Å². The smallest absolute Gasteiger partial charge is 0.123 e. The standard InChI is InChI=1S/C25H33FO3S/c1-4-6-13-25(5-2)17-30-22-12-11-20(29-15-14-28-3)16-21(22)23(24(25)27)18-7-9-19(26)10-8-18/h7-12,16,23-24,27H,4-6,13-15,17H2,1-3H3/t23-,24-,25-/m1/s1. The summed E-state index contributed by atoms with van der Waals surface area (Å²) < 4.78 is 24.6. The average Bonchev–Trinajstić information content (AvgIpc) is 2.88. The molecule has 3 rings (SSSR count). The topological polar surface area (TPSA) is 38.7 Å². The summed E-state index contributed by atoms with van der Waals surface area (Å²) in [5.74, 6) is 1.15. The number of aliphatic hydroxyl groups excluding tert-OH is 1. The summed E-state index contributed by atoms with van der Waals surface area (Å²) in [6.45, 7) is 5.36. The van der Waals surface area contributed by atoms with Crippen LogP contribution in [0.5, 0.6) is 5.75 Å². The van der Waals surface area contributed by atoms with Gasteiger partial charge in [-0.05, 0) is 54.3 Å². The van der Waals surface area contributed by atoms with Crippen molar-refractivity contribution in [2.24, 2.45) is 5.41 Å². The number of halogens is 1. The van der Waals surface area contributed by atoms with Crippen molar-refractivity contribution in [1.82, 2.24) is 0 Å². The van der Waals surface area contributed by atoms with Crippen molar-refractivity contribution < 1.29 is 19.0 Å². The summed E-state index contributed by atoms with van der Waals surface area (Å²) >= 11 is 1.82. The Bertz CT molecular complexity index is 811. The molecule has 5 heteroatoms. The van der Waals surface area contributed by atoms with Crippen molar-refractivity contribution in [2.45, 2.75) is 56.4 Å². The molecule has 0 amide bonds. The first kappa shape index (κ1) is 23.1. The van der Waals surface area contributed by atoms with Crippen LogP contribution in [0, 0.1) is 11.2 Å². The van der Waals surface area contributed by atoms with Gasteiger partial charge in [0.1, 0.15) is 18.2 Å². The van der Waals surface area contributed by atoms with Crippen LogP contribution in [0.15, 0.2) is 47.4 Å². The number of aliphatic hydroxyl groups is 1. The molecule has 1 aliphatic rings. The lowest BCUT2D eigenvalue weighted by Crippen LogP contribution is -2.40. The fourth-order valence-corrected chi connectivity index (χ4v) is 5.81. The second kappa shape index (κ2) is 10.7. The summed E-state index contributed by atoms with van der Waals surface area (Å²) in [4.78, 5) is 1.16. The number of methoxy groups -OCH3 is 1. The molecule has 0 fully saturated rings. The summed E-state index contributed by atoms with van der Waals surface area (Å²) in [7, 11) is 1.65. The van der Waals surface area contributed by atoms with Gasteiger partial charge in [0.05, 0.1) is 12.7 Å². The molecular formula is C25H33FO3S. The first-order valence-electron chi connectivity index (χ1n) is 10.9. The largest absolute Gasteiger partial charge is 0.491 e. The molecule has 0 unspecified atom stereocenters. The Morgan fingerprint density at radius 3 is 2.57 bits per heavy atom. The van der Waals surface area contributed by atoms with E-state index in [0.717, 1.165) is 53.2 Å². The predicted molar refractivity (Wildman–Crippen MR) is 121 cm³/mol. The van der Waals surface area contributed by atoms with E-state index in [0.29, 0.717) is 13.2 Å². The first-order chi connectivity index (χ1) is 14.5. The first-order valence-corrected chi connectivity index (χ1v) is 11.8.